The average molecular weight is 964 g/mol. The zero-order valence-corrected chi connectivity index (χ0v) is 41.7. The Morgan fingerprint density at radius 3 is 0.921 bits per heavy atom. The molecule has 0 N–H and O–H groups in total. The van der Waals surface area contributed by atoms with Crippen molar-refractivity contribution in [1.82, 2.24) is 0 Å². The molecule has 1 heteroatoms. The molecule has 1 nitrogen and oxygen atoms in total. The minimum absolute atomic E-state index is 0.529. The maximum absolute atomic E-state index is 2.59. The normalized spacial score (nSPS) is 14.6. The highest BCUT2D eigenvalue weighted by Gasteiger charge is 2.54. The van der Waals surface area contributed by atoms with E-state index >= 15 is 0 Å². The van der Waals surface area contributed by atoms with Gasteiger partial charge in [-0.05, 0) is 136 Å². The smallest absolute Gasteiger partial charge is 0.0746 e. The van der Waals surface area contributed by atoms with Gasteiger partial charge in [-0.25, -0.2) is 0 Å². The lowest BCUT2D eigenvalue weighted by molar-refractivity contribution is 0.767. The lowest BCUT2D eigenvalue weighted by atomic mass is 9.67. The molecule has 0 atom stereocenters. The minimum atomic E-state index is -0.579. The predicted octanol–water partition coefficient (Wildman–Crippen LogP) is 18.2. The zero-order chi connectivity index (χ0) is 50.0. The Balaban J connectivity index is 0.996. The van der Waals surface area contributed by atoms with Crippen LogP contribution in [0.5, 0.6) is 0 Å². The van der Waals surface area contributed by atoms with Gasteiger partial charge in [-0.3, -0.25) is 0 Å². The third kappa shape index (κ3) is 5.49. The summed E-state index contributed by atoms with van der Waals surface area (Å²) >= 11 is 0. The van der Waals surface area contributed by atoms with Gasteiger partial charge in [0, 0.05) is 16.9 Å². The van der Waals surface area contributed by atoms with Crippen molar-refractivity contribution in [1.29, 1.82) is 0 Å². The minimum Gasteiger partial charge on any atom is -0.310 e. The van der Waals surface area contributed by atoms with Gasteiger partial charge in [0.2, 0.25) is 0 Å². The largest absolute Gasteiger partial charge is 0.310 e. The molecule has 0 fully saturated rings. The molecule has 12 aromatic carbocycles. The predicted molar refractivity (Wildman–Crippen MR) is 312 cm³/mol. The molecule has 4 aliphatic carbocycles. The fourth-order valence-corrected chi connectivity index (χ4v) is 14.9. The average Bonchev–Trinajstić information content (AvgIpc) is 4.38. The Morgan fingerprint density at radius 1 is 0.197 bits per heavy atom. The maximum atomic E-state index is 2.59. The topological polar surface area (TPSA) is 3.24 Å². The Hall–Kier alpha value is -9.56. The molecule has 0 bridgehead atoms. The van der Waals surface area contributed by atoms with Crippen molar-refractivity contribution in [3.63, 3.8) is 0 Å². The van der Waals surface area contributed by atoms with Crippen LogP contribution in [-0.2, 0) is 16.2 Å². The molecule has 0 heterocycles. The molecule has 0 saturated heterocycles. The maximum Gasteiger partial charge on any atom is 0.0746 e. The molecular weight excluding hydrogens is 915 g/mol. The van der Waals surface area contributed by atoms with E-state index in [4.69, 9.17) is 0 Å². The summed E-state index contributed by atoms with van der Waals surface area (Å²) in [6.45, 7) is 0. The summed E-state index contributed by atoms with van der Waals surface area (Å²) in [5, 5.41) is 0. The van der Waals surface area contributed by atoms with E-state index in [1.54, 1.807) is 0 Å². The zero-order valence-electron chi connectivity index (χ0n) is 41.7. The van der Waals surface area contributed by atoms with Crippen LogP contribution in [0.2, 0.25) is 0 Å². The fourth-order valence-electron chi connectivity index (χ4n) is 14.9. The molecule has 0 aromatic heterocycles. The van der Waals surface area contributed by atoms with Crippen molar-refractivity contribution in [2.75, 3.05) is 4.90 Å². The van der Waals surface area contributed by atoms with E-state index in [1.807, 2.05) is 0 Å². The number of nitrogens with zero attached hydrogens (tertiary/aromatic N) is 1. The lowest BCUT2D eigenvalue weighted by Crippen LogP contribution is -2.30. The summed E-state index contributed by atoms with van der Waals surface area (Å²) in [4.78, 5) is 2.59. The van der Waals surface area contributed by atoms with E-state index in [-0.39, 0.29) is 0 Å². The Morgan fingerprint density at radius 2 is 0.500 bits per heavy atom. The Bertz CT molecular complexity index is 4130. The van der Waals surface area contributed by atoms with Crippen molar-refractivity contribution in [3.8, 4) is 44.5 Å². The van der Waals surface area contributed by atoms with Crippen LogP contribution < -0.4 is 4.90 Å². The van der Waals surface area contributed by atoms with Crippen molar-refractivity contribution in [3.05, 3.63) is 364 Å². The first kappa shape index (κ1) is 42.9. The second kappa shape index (κ2) is 16.2. The summed E-state index contributed by atoms with van der Waals surface area (Å²) in [6.07, 6.45) is 0. The van der Waals surface area contributed by atoms with E-state index < -0.39 is 16.2 Å². The van der Waals surface area contributed by atoms with E-state index in [0.29, 0.717) is 0 Å². The first-order chi connectivity index (χ1) is 37.7. The molecule has 1 spiro atoms. The van der Waals surface area contributed by atoms with Crippen LogP contribution in [0.15, 0.2) is 297 Å². The quantitative estimate of drug-likeness (QED) is 0.154. The monoisotopic (exact) mass is 963 g/mol. The third-order valence-electron chi connectivity index (χ3n) is 17.6. The summed E-state index contributed by atoms with van der Waals surface area (Å²) in [7, 11) is 0. The van der Waals surface area contributed by atoms with Gasteiger partial charge in [0.25, 0.3) is 0 Å². The van der Waals surface area contributed by atoms with Crippen LogP contribution in [0, 0.1) is 0 Å². The fraction of sp³-hybridized carbons (Fsp3) is 0.0400. The number of benzene rings is 12. The molecule has 354 valence electrons. The van der Waals surface area contributed by atoms with Crippen molar-refractivity contribution in [2.45, 2.75) is 16.2 Å². The molecule has 16 rings (SSSR count). The molecule has 76 heavy (non-hydrogen) atoms. The number of hydrogen-bond donors (Lipinski definition) is 0. The first-order valence-electron chi connectivity index (χ1n) is 26.7. The summed E-state index contributed by atoms with van der Waals surface area (Å²) in [5.74, 6) is 0. The highest BCUT2D eigenvalue weighted by Crippen LogP contribution is 2.66. The van der Waals surface area contributed by atoms with Crippen molar-refractivity contribution in [2.24, 2.45) is 0 Å². The highest BCUT2D eigenvalue weighted by molar-refractivity contribution is 6.00. The number of rotatable bonds is 7. The molecule has 0 amide bonds. The second-order valence-electron chi connectivity index (χ2n) is 20.9. The molecule has 4 aliphatic rings. The second-order valence-corrected chi connectivity index (χ2v) is 20.9. The molecule has 0 radical (unpaired) electrons. The van der Waals surface area contributed by atoms with Crippen LogP contribution in [0.25, 0.3) is 44.5 Å². The molecule has 0 aliphatic heterocycles. The van der Waals surface area contributed by atoms with Crippen LogP contribution >= 0.6 is 0 Å². The van der Waals surface area contributed by atoms with Crippen LogP contribution in [0.1, 0.15) is 66.8 Å². The van der Waals surface area contributed by atoms with E-state index in [1.165, 1.54) is 111 Å². The van der Waals surface area contributed by atoms with Gasteiger partial charge in [-0.2, -0.15) is 0 Å². The third-order valence-corrected chi connectivity index (χ3v) is 17.6. The van der Waals surface area contributed by atoms with Crippen molar-refractivity contribution >= 4 is 17.1 Å². The first-order valence-corrected chi connectivity index (χ1v) is 26.7. The van der Waals surface area contributed by atoms with Crippen molar-refractivity contribution < 1.29 is 0 Å². The van der Waals surface area contributed by atoms with Gasteiger partial charge in [0.15, 0.2) is 0 Å². The van der Waals surface area contributed by atoms with Gasteiger partial charge in [-0.15, -0.1) is 0 Å². The van der Waals surface area contributed by atoms with Crippen LogP contribution in [0.4, 0.5) is 17.1 Å². The highest BCUT2D eigenvalue weighted by atomic mass is 15.1. The van der Waals surface area contributed by atoms with E-state index in [2.05, 4.69) is 302 Å². The van der Waals surface area contributed by atoms with Gasteiger partial charge in [0.05, 0.1) is 21.9 Å². The Kier molecular flexibility index (Phi) is 9.15. The van der Waals surface area contributed by atoms with Crippen LogP contribution in [0.3, 0.4) is 0 Å². The van der Waals surface area contributed by atoms with Gasteiger partial charge in [0.1, 0.15) is 0 Å². The molecular formula is C75H49N. The Labute approximate surface area is 444 Å². The van der Waals surface area contributed by atoms with E-state index in [9.17, 15) is 0 Å². The molecule has 0 unspecified atom stereocenters. The van der Waals surface area contributed by atoms with Crippen LogP contribution in [-0.4, -0.2) is 0 Å². The van der Waals surface area contributed by atoms with E-state index in [0.717, 1.165) is 17.1 Å². The summed E-state index contributed by atoms with van der Waals surface area (Å²) in [6, 6.07) is 112. The van der Waals surface area contributed by atoms with Gasteiger partial charge < -0.3 is 4.90 Å². The number of hydrogen-bond acceptors (Lipinski definition) is 1. The number of fused-ring (bicyclic) bond motifs is 16. The summed E-state index contributed by atoms with van der Waals surface area (Å²) < 4.78 is 0. The molecule has 12 aromatic rings. The SMILES string of the molecule is c1ccc(C2(c3ccc(N(c4ccc5c(c4)C(c4ccccc4)(c4ccccc4)c4ccccc4-5)c4cccc5c4C4(c6ccccc6-c6ccccc64)c4ccccc4-5)cc3)c3ccccc3-c3ccccc32)cc1. The van der Waals surface area contributed by atoms with Gasteiger partial charge in [-0.1, -0.05) is 267 Å². The lowest BCUT2D eigenvalue weighted by Gasteiger charge is -2.37. The number of anilines is 3. The standard InChI is InChI=1S/C75H49N/c1-4-23-50(24-5-1)73(64-36-16-10-29-56(64)57-30-11-17-37-65(57)73)53-43-45-54(46-44-53)76(55-47-48-62-60-33-12-18-38-66(60)74(70(62)49-55,51-25-6-2-7-26-51)52-27-8-3-9-28-52)71-42-22-35-63-61-34-15-21-41-69(61)75(72(63)71)67-39-19-13-31-58(67)59-32-14-20-40-68(59)75/h1-49H. The molecule has 0 saturated carbocycles. The van der Waals surface area contributed by atoms with Gasteiger partial charge >= 0.3 is 0 Å². The summed E-state index contributed by atoms with van der Waals surface area (Å²) in [5.41, 5.74) is 27.3.